The van der Waals surface area contributed by atoms with E-state index in [9.17, 15) is 14.0 Å². The third-order valence-electron chi connectivity index (χ3n) is 2.83. The maximum atomic E-state index is 12.7. The zero-order valence-corrected chi connectivity index (χ0v) is 11.8. The van der Waals surface area contributed by atoms with Gasteiger partial charge in [0.2, 0.25) is 0 Å². The lowest BCUT2D eigenvalue weighted by Gasteiger charge is -2.11. The number of carbonyl (C=O) groups excluding carboxylic acids is 2. The Hall–Kier alpha value is -3.09. The number of urea groups is 1. The number of hydrogen-bond acceptors (Lipinski definition) is 3. The maximum absolute atomic E-state index is 12.7. The number of halogens is 1. The van der Waals surface area contributed by atoms with Crippen LogP contribution in [0, 0.1) is 5.82 Å². The van der Waals surface area contributed by atoms with Crippen LogP contribution in [0.15, 0.2) is 48.5 Å². The van der Waals surface area contributed by atoms with Crippen molar-refractivity contribution < 1.29 is 14.0 Å². The van der Waals surface area contributed by atoms with E-state index in [2.05, 4.69) is 21.5 Å². The molecule has 6 nitrogen and oxygen atoms in total. The highest BCUT2D eigenvalue weighted by Gasteiger charge is 2.10. The summed E-state index contributed by atoms with van der Waals surface area (Å²) in [6.07, 6.45) is 0. The quantitative estimate of drug-likeness (QED) is 0.657. The Kier molecular flexibility index (Phi) is 4.92. The highest BCUT2D eigenvalue weighted by molar-refractivity contribution is 6.01. The number of amides is 3. The Morgan fingerprint density at radius 2 is 1.64 bits per heavy atom. The summed E-state index contributed by atoms with van der Waals surface area (Å²) in [5, 5.41) is 5.34. The van der Waals surface area contributed by atoms with Crippen molar-refractivity contribution >= 4 is 23.3 Å². The predicted molar refractivity (Wildman–Crippen MR) is 82.0 cm³/mol. The molecular formula is C15H15FN4O2. The predicted octanol–water partition coefficient (Wildman–Crippen LogP) is 2.33. The number of hydrazine groups is 1. The van der Waals surface area contributed by atoms with Crippen molar-refractivity contribution in [2.75, 3.05) is 17.7 Å². The molecule has 0 saturated carbocycles. The van der Waals surface area contributed by atoms with Gasteiger partial charge >= 0.3 is 6.03 Å². The summed E-state index contributed by atoms with van der Waals surface area (Å²) in [5.74, 6) is -0.859. The van der Waals surface area contributed by atoms with Gasteiger partial charge in [0.25, 0.3) is 5.91 Å². The Morgan fingerprint density at radius 3 is 2.32 bits per heavy atom. The molecule has 114 valence electrons. The molecule has 0 bridgehead atoms. The highest BCUT2D eigenvalue weighted by Crippen LogP contribution is 2.13. The van der Waals surface area contributed by atoms with Crippen LogP contribution in [0.4, 0.5) is 20.6 Å². The van der Waals surface area contributed by atoms with E-state index in [1.54, 1.807) is 31.3 Å². The molecule has 0 unspecified atom stereocenters. The topological polar surface area (TPSA) is 82.3 Å². The number of rotatable bonds is 3. The fourth-order valence-corrected chi connectivity index (χ4v) is 1.78. The Bertz CT molecular complexity index is 673. The van der Waals surface area contributed by atoms with Gasteiger partial charge in [0.15, 0.2) is 0 Å². The van der Waals surface area contributed by atoms with E-state index in [1.165, 1.54) is 24.3 Å². The van der Waals surface area contributed by atoms with Crippen LogP contribution in [0.25, 0.3) is 0 Å². The number of anilines is 2. The van der Waals surface area contributed by atoms with Crippen molar-refractivity contribution in [2.45, 2.75) is 0 Å². The van der Waals surface area contributed by atoms with Crippen LogP contribution in [0.5, 0.6) is 0 Å². The number of hydrogen-bond donors (Lipinski definition) is 4. The fourth-order valence-electron chi connectivity index (χ4n) is 1.78. The second-order valence-electron chi connectivity index (χ2n) is 4.34. The summed E-state index contributed by atoms with van der Waals surface area (Å²) in [4.78, 5) is 23.6. The number of carbonyl (C=O) groups is 2. The second-order valence-corrected chi connectivity index (χ2v) is 4.34. The van der Waals surface area contributed by atoms with Crippen LogP contribution >= 0.6 is 0 Å². The monoisotopic (exact) mass is 302 g/mol. The zero-order chi connectivity index (χ0) is 15.9. The first-order valence-electron chi connectivity index (χ1n) is 6.50. The number of benzene rings is 2. The minimum absolute atomic E-state index is 0.395. The fraction of sp³-hybridized carbons (Fsp3) is 0.0667. The molecular weight excluding hydrogens is 287 g/mol. The normalized spacial score (nSPS) is 9.73. The highest BCUT2D eigenvalue weighted by atomic mass is 19.1. The van der Waals surface area contributed by atoms with Crippen LogP contribution in [0.1, 0.15) is 10.4 Å². The summed E-state index contributed by atoms with van der Waals surface area (Å²) in [7, 11) is 1.70. The molecule has 0 saturated heterocycles. The molecule has 2 aromatic rings. The number of nitrogens with one attached hydrogen (secondary N) is 4. The largest absolute Gasteiger partial charge is 0.387 e. The van der Waals surface area contributed by atoms with Crippen molar-refractivity contribution in [3.8, 4) is 0 Å². The average Bonchev–Trinajstić information content (AvgIpc) is 2.54. The third kappa shape index (κ3) is 3.95. The molecule has 22 heavy (non-hydrogen) atoms. The van der Waals surface area contributed by atoms with Crippen molar-refractivity contribution in [3.05, 3.63) is 59.9 Å². The first-order valence-corrected chi connectivity index (χ1v) is 6.50. The van der Waals surface area contributed by atoms with Crippen molar-refractivity contribution in [1.29, 1.82) is 0 Å². The van der Waals surface area contributed by atoms with Gasteiger partial charge in [-0.2, -0.15) is 0 Å². The summed E-state index contributed by atoms with van der Waals surface area (Å²) in [5.41, 5.74) is 5.96. The van der Waals surface area contributed by atoms with Crippen molar-refractivity contribution in [1.82, 2.24) is 10.9 Å². The smallest absolute Gasteiger partial charge is 0.337 e. The van der Waals surface area contributed by atoms with Crippen LogP contribution in [-0.2, 0) is 0 Å². The van der Waals surface area contributed by atoms with E-state index in [4.69, 9.17) is 0 Å². The molecule has 7 heteroatoms. The van der Waals surface area contributed by atoms with Gasteiger partial charge in [0.1, 0.15) is 5.82 Å². The Labute approximate surface area is 126 Å². The van der Waals surface area contributed by atoms with E-state index >= 15 is 0 Å². The standard InChI is InChI=1S/C15H15FN4O2/c1-17-13-5-3-2-4-12(13)14(21)19-20-15(22)18-11-8-6-10(16)7-9-11/h2-9,17H,1H3,(H,19,21)(H2,18,20,22). The van der Waals surface area contributed by atoms with Gasteiger partial charge in [-0.3, -0.25) is 10.2 Å². The average molecular weight is 302 g/mol. The van der Waals surface area contributed by atoms with Crippen LogP contribution in [-0.4, -0.2) is 19.0 Å². The molecule has 0 radical (unpaired) electrons. The minimum atomic E-state index is -0.637. The molecule has 0 aliphatic rings. The summed E-state index contributed by atoms with van der Waals surface area (Å²) < 4.78 is 12.7. The lowest BCUT2D eigenvalue weighted by molar-refractivity contribution is 0.0938. The van der Waals surface area contributed by atoms with E-state index in [-0.39, 0.29) is 0 Å². The molecule has 0 aliphatic heterocycles. The lowest BCUT2D eigenvalue weighted by Crippen LogP contribution is -2.44. The minimum Gasteiger partial charge on any atom is -0.387 e. The van der Waals surface area contributed by atoms with Gasteiger partial charge in [-0.1, -0.05) is 12.1 Å². The molecule has 2 aromatic carbocycles. The molecule has 0 spiro atoms. The van der Waals surface area contributed by atoms with Crippen molar-refractivity contribution in [2.24, 2.45) is 0 Å². The Balaban J connectivity index is 1.90. The van der Waals surface area contributed by atoms with E-state index in [1.807, 2.05) is 0 Å². The first kappa shape index (κ1) is 15.3. The molecule has 0 atom stereocenters. The van der Waals surface area contributed by atoms with Crippen LogP contribution in [0.3, 0.4) is 0 Å². The van der Waals surface area contributed by atoms with Gasteiger partial charge in [-0.15, -0.1) is 0 Å². The van der Waals surface area contributed by atoms with Gasteiger partial charge < -0.3 is 10.6 Å². The molecule has 3 amide bonds. The Morgan fingerprint density at radius 1 is 0.955 bits per heavy atom. The van der Waals surface area contributed by atoms with Gasteiger partial charge in [-0.25, -0.2) is 14.6 Å². The van der Waals surface area contributed by atoms with Gasteiger partial charge in [-0.05, 0) is 36.4 Å². The molecule has 0 aromatic heterocycles. The summed E-state index contributed by atoms with van der Waals surface area (Å²) in [6.45, 7) is 0. The number of para-hydroxylation sites is 1. The van der Waals surface area contributed by atoms with Gasteiger partial charge in [0.05, 0.1) is 5.56 Å². The molecule has 4 N–H and O–H groups in total. The summed E-state index contributed by atoms with van der Waals surface area (Å²) in [6, 6.07) is 11.5. The van der Waals surface area contributed by atoms with E-state index in [0.29, 0.717) is 16.9 Å². The van der Waals surface area contributed by atoms with E-state index < -0.39 is 17.8 Å². The van der Waals surface area contributed by atoms with Gasteiger partial charge in [0, 0.05) is 18.4 Å². The molecule has 2 rings (SSSR count). The van der Waals surface area contributed by atoms with Crippen LogP contribution in [0.2, 0.25) is 0 Å². The van der Waals surface area contributed by atoms with Crippen molar-refractivity contribution in [3.63, 3.8) is 0 Å². The zero-order valence-electron chi connectivity index (χ0n) is 11.8. The SMILES string of the molecule is CNc1ccccc1C(=O)NNC(=O)Nc1ccc(F)cc1. The second kappa shape index (κ2) is 7.07. The van der Waals surface area contributed by atoms with Crippen LogP contribution < -0.4 is 21.5 Å². The first-order chi connectivity index (χ1) is 10.6. The van der Waals surface area contributed by atoms with E-state index in [0.717, 1.165) is 0 Å². The lowest BCUT2D eigenvalue weighted by atomic mass is 10.1. The molecule has 0 fully saturated rings. The summed E-state index contributed by atoms with van der Waals surface area (Å²) >= 11 is 0. The third-order valence-corrected chi connectivity index (χ3v) is 2.83. The molecule has 0 aliphatic carbocycles. The molecule has 0 heterocycles. The maximum Gasteiger partial charge on any atom is 0.337 e.